The average molecular weight is 222 g/mol. The smallest absolute Gasteiger partial charge is 0.272 e. The second-order valence-corrected chi connectivity index (χ2v) is 4.58. The Labute approximate surface area is 93.5 Å². The van der Waals surface area contributed by atoms with E-state index in [0.29, 0.717) is 18.7 Å². The van der Waals surface area contributed by atoms with Gasteiger partial charge in [0.15, 0.2) is 0 Å². The molecule has 0 bridgehead atoms. The lowest BCUT2D eigenvalue weighted by molar-refractivity contribution is -0.385. The Bertz CT molecular complexity index is 435. The number of rotatable bonds is 2. The van der Waals surface area contributed by atoms with Gasteiger partial charge < -0.3 is 10.0 Å². The quantitative estimate of drug-likeness (QED) is 0.608. The summed E-state index contributed by atoms with van der Waals surface area (Å²) in [5, 5.41) is 20.2. The van der Waals surface area contributed by atoms with Crippen LogP contribution in [-0.4, -0.2) is 28.7 Å². The molecule has 5 nitrogen and oxygen atoms in total. The number of aliphatic hydroxyl groups is 1. The van der Waals surface area contributed by atoms with Gasteiger partial charge in [0.1, 0.15) is 0 Å². The van der Waals surface area contributed by atoms with E-state index in [2.05, 4.69) is 0 Å². The maximum atomic E-state index is 10.6. The number of benzene rings is 1. The lowest BCUT2D eigenvalue weighted by atomic mass is 9.96. The van der Waals surface area contributed by atoms with Crippen LogP contribution in [0.25, 0.3) is 0 Å². The molecule has 1 aromatic rings. The third-order valence-corrected chi connectivity index (χ3v) is 2.81. The fourth-order valence-corrected chi connectivity index (χ4v) is 2.00. The molecule has 1 N–H and O–H groups in total. The molecule has 1 saturated heterocycles. The summed E-state index contributed by atoms with van der Waals surface area (Å²) < 4.78 is 0. The standard InChI is InChI=1S/C11H14N2O3/c1-8-5-9(3-4-10(8)13(15)16)12-6-11(2,14)7-12/h3-5,14H,6-7H2,1-2H3. The summed E-state index contributed by atoms with van der Waals surface area (Å²) in [6.45, 7) is 4.65. The summed E-state index contributed by atoms with van der Waals surface area (Å²) in [6.07, 6.45) is 0. The maximum absolute atomic E-state index is 10.6. The largest absolute Gasteiger partial charge is 0.386 e. The van der Waals surface area contributed by atoms with Crippen LogP contribution in [0.1, 0.15) is 12.5 Å². The highest BCUT2D eigenvalue weighted by Gasteiger charge is 2.36. The predicted octanol–water partition coefficient (Wildman–Crippen LogP) is 1.47. The molecule has 1 heterocycles. The molecule has 0 amide bonds. The second kappa shape index (κ2) is 3.45. The van der Waals surface area contributed by atoms with Crippen LogP contribution in [0.2, 0.25) is 0 Å². The average Bonchev–Trinajstić information content (AvgIpc) is 2.13. The maximum Gasteiger partial charge on any atom is 0.272 e. The summed E-state index contributed by atoms with van der Waals surface area (Å²) in [4.78, 5) is 12.3. The molecule has 0 atom stereocenters. The van der Waals surface area contributed by atoms with Crippen LogP contribution < -0.4 is 4.90 Å². The molecule has 0 spiro atoms. The monoisotopic (exact) mass is 222 g/mol. The number of β-amino-alcohol motifs (C(OH)–C–C–N with tert-alkyl or cyclic N) is 1. The molecule has 2 rings (SSSR count). The first-order valence-electron chi connectivity index (χ1n) is 5.11. The molecular formula is C11H14N2O3. The Morgan fingerprint density at radius 3 is 2.56 bits per heavy atom. The van der Waals surface area contributed by atoms with Crippen molar-refractivity contribution in [2.45, 2.75) is 19.4 Å². The minimum absolute atomic E-state index is 0.135. The van der Waals surface area contributed by atoms with Crippen LogP contribution in [0.5, 0.6) is 0 Å². The van der Waals surface area contributed by atoms with Crippen LogP contribution in [0.3, 0.4) is 0 Å². The van der Waals surface area contributed by atoms with E-state index in [4.69, 9.17) is 0 Å². The van der Waals surface area contributed by atoms with Crippen molar-refractivity contribution in [3.05, 3.63) is 33.9 Å². The minimum atomic E-state index is -0.629. The van der Waals surface area contributed by atoms with E-state index in [1.54, 1.807) is 26.0 Å². The molecule has 86 valence electrons. The fraction of sp³-hybridized carbons (Fsp3) is 0.455. The van der Waals surface area contributed by atoms with E-state index < -0.39 is 5.60 Å². The number of hydrogen-bond acceptors (Lipinski definition) is 4. The Kier molecular flexibility index (Phi) is 2.35. The molecule has 0 unspecified atom stereocenters. The Morgan fingerprint density at radius 2 is 2.12 bits per heavy atom. The zero-order valence-electron chi connectivity index (χ0n) is 9.30. The zero-order valence-corrected chi connectivity index (χ0v) is 9.30. The van der Waals surface area contributed by atoms with E-state index in [9.17, 15) is 15.2 Å². The molecule has 0 radical (unpaired) electrons. The van der Waals surface area contributed by atoms with E-state index in [0.717, 1.165) is 5.69 Å². The minimum Gasteiger partial charge on any atom is -0.386 e. The number of nitro benzene ring substituents is 1. The molecule has 0 aliphatic carbocycles. The second-order valence-electron chi connectivity index (χ2n) is 4.58. The highest BCUT2D eigenvalue weighted by Crippen LogP contribution is 2.30. The number of anilines is 1. The first-order chi connectivity index (χ1) is 7.39. The van der Waals surface area contributed by atoms with Crippen LogP contribution in [0.4, 0.5) is 11.4 Å². The number of nitro groups is 1. The van der Waals surface area contributed by atoms with Crippen molar-refractivity contribution in [2.75, 3.05) is 18.0 Å². The highest BCUT2D eigenvalue weighted by atomic mass is 16.6. The van der Waals surface area contributed by atoms with Crippen LogP contribution in [-0.2, 0) is 0 Å². The van der Waals surface area contributed by atoms with E-state index in [-0.39, 0.29) is 10.6 Å². The summed E-state index contributed by atoms with van der Waals surface area (Å²) in [5.41, 5.74) is 1.08. The fourth-order valence-electron chi connectivity index (χ4n) is 2.00. The molecule has 1 aliphatic heterocycles. The van der Waals surface area contributed by atoms with Crippen LogP contribution in [0, 0.1) is 17.0 Å². The van der Waals surface area contributed by atoms with E-state index in [1.165, 1.54) is 6.07 Å². The Hall–Kier alpha value is -1.62. The van der Waals surface area contributed by atoms with Crippen LogP contribution >= 0.6 is 0 Å². The van der Waals surface area contributed by atoms with Gasteiger partial charge in [0.05, 0.1) is 10.5 Å². The van der Waals surface area contributed by atoms with Gasteiger partial charge in [-0.2, -0.15) is 0 Å². The third-order valence-electron chi connectivity index (χ3n) is 2.81. The Morgan fingerprint density at radius 1 is 1.50 bits per heavy atom. The molecule has 0 aromatic heterocycles. The van der Waals surface area contributed by atoms with Crippen molar-refractivity contribution in [3.8, 4) is 0 Å². The zero-order chi connectivity index (χ0) is 11.9. The van der Waals surface area contributed by atoms with Gasteiger partial charge in [-0.05, 0) is 26.0 Å². The van der Waals surface area contributed by atoms with Crippen molar-refractivity contribution >= 4 is 11.4 Å². The van der Waals surface area contributed by atoms with Gasteiger partial charge in [-0.3, -0.25) is 10.1 Å². The normalized spacial score (nSPS) is 18.1. The number of nitrogens with zero attached hydrogens (tertiary/aromatic N) is 2. The lowest BCUT2D eigenvalue weighted by Gasteiger charge is -2.45. The topological polar surface area (TPSA) is 66.6 Å². The SMILES string of the molecule is Cc1cc(N2CC(C)(O)C2)ccc1[N+](=O)[O-]. The molecular weight excluding hydrogens is 208 g/mol. The van der Waals surface area contributed by atoms with Crippen molar-refractivity contribution in [1.82, 2.24) is 0 Å². The van der Waals surface area contributed by atoms with Gasteiger partial charge in [-0.15, -0.1) is 0 Å². The van der Waals surface area contributed by atoms with Gasteiger partial charge in [0, 0.05) is 30.4 Å². The van der Waals surface area contributed by atoms with E-state index >= 15 is 0 Å². The molecule has 1 aromatic carbocycles. The lowest BCUT2D eigenvalue weighted by Crippen LogP contribution is -2.60. The summed E-state index contributed by atoms with van der Waals surface area (Å²) in [6, 6.07) is 5.02. The van der Waals surface area contributed by atoms with Gasteiger partial charge >= 0.3 is 0 Å². The third kappa shape index (κ3) is 1.86. The van der Waals surface area contributed by atoms with Gasteiger partial charge in [0.25, 0.3) is 5.69 Å². The predicted molar refractivity (Wildman–Crippen MR) is 60.7 cm³/mol. The summed E-state index contributed by atoms with van der Waals surface area (Å²) in [7, 11) is 0. The van der Waals surface area contributed by atoms with Crippen molar-refractivity contribution < 1.29 is 10.0 Å². The van der Waals surface area contributed by atoms with Crippen molar-refractivity contribution in [2.24, 2.45) is 0 Å². The van der Waals surface area contributed by atoms with Crippen LogP contribution in [0.15, 0.2) is 18.2 Å². The molecule has 0 saturated carbocycles. The van der Waals surface area contributed by atoms with Crippen molar-refractivity contribution in [3.63, 3.8) is 0 Å². The molecule has 1 fully saturated rings. The van der Waals surface area contributed by atoms with Crippen molar-refractivity contribution in [1.29, 1.82) is 0 Å². The summed E-state index contributed by atoms with van der Waals surface area (Å²) in [5.74, 6) is 0. The molecule has 5 heteroatoms. The van der Waals surface area contributed by atoms with Gasteiger partial charge in [0.2, 0.25) is 0 Å². The first kappa shape index (κ1) is 10.9. The first-order valence-corrected chi connectivity index (χ1v) is 5.11. The Balaban J connectivity index is 2.20. The molecule has 1 aliphatic rings. The van der Waals surface area contributed by atoms with Gasteiger partial charge in [-0.25, -0.2) is 0 Å². The number of hydrogen-bond donors (Lipinski definition) is 1. The summed E-state index contributed by atoms with van der Waals surface area (Å²) >= 11 is 0. The van der Waals surface area contributed by atoms with Gasteiger partial charge in [-0.1, -0.05) is 0 Å². The highest BCUT2D eigenvalue weighted by molar-refractivity contribution is 5.57. The number of aryl methyl sites for hydroxylation is 1. The molecule has 16 heavy (non-hydrogen) atoms. The van der Waals surface area contributed by atoms with E-state index in [1.807, 2.05) is 4.90 Å².